The Morgan fingerprint density at radius 2 is 1.97 bits per heavy atom. The molecule has 2 fully saturated rings. The van der Waals surface area contributed by atoms with Crippen LogP contribution in [0.25, 0.3) is 0 Å². The van der Waals surface area contributed by atoms with Gasteiger partial charge < -0.3 is 20.1 Å². The number of thioether (sulfide) groups is 1. The van der Waals surface area contributed by atoms with Crippen LogP contribution in [0.3, 0.4) is 0 Å². The molecule has 0 unspecified atom stereocenters. The summed E-state index contributed by atoms with van der Waals surface area (Å²) in [7, 11) is 1.58. The summed E-state index contributed by atoms with van der Waals surface area (Å²) in [4.78, 5) is 34.3. The number of hydrogen-bond donors (Lipinski definition) is 2. The molecule has 34 heavy (non-hydrogen) atoms. The summed E-state index contributed by atoms with van der Waals surface area (Å²) < 4.78 is 10.5. The van der Waals surface area contributed by atoms with Gasteiger partial charge in [-0.3, -0.25) is 24.4 Å². The van der Waals surface area contributed by atoms with E-state index < -0.39 is 5.91 Å². The molecule has 2 amide bonds. The second-order valence-electron chi connectivity index (χ2n) is 8.25. The van der Waals surface area contributed by atoms with Crippen molar-refractivity contribution < 1.29 is 19.1 Å². The molecule has 2 N–H and O–H groups in total. The number of likely N-dealkylation sites (tertiary alicyclic amines) is 1. The number of hydrogen-bond acceptors (Lipinski definition) is 8. The van der Waals surface area contributed by atoms with E-state index >= 15 is 0 Å². The van der Waals surface area contributed by atoms with Crippen molar-refractivity contribution in [3.63, 3.8) is 0 Å². The first-order valence-corrected chi connectivity index (χ1v) is 12.7. The number of amides is 2. The summed E-state index contributed by atoms with van der Waals surface area (Å²) >= 11 is 1.53. The quantitative estimate of drug-likeness (QED) is 0.264. The standard InChI is InChI=1S/C24H35N5O4S/c1-25-22(17-34-18-29-8-3-4-9-29)24(31)27-21-6-5-19(16-28-10-13-33-14-11-28)15-20(21)23(30)26-7-12-32-2/h5-6,15,17H,1,3-4,7-14,16,18H2,2H3,(H,26,30)(H,27,31)/b22-17-. The highest BCUT2D eigenvalue weighted by Gasteiger charge is 2.18. The predicted molar refractivity (Wildman–Crippen MR) is 136 cm³/mol. The lowest BCUT2D eigenvalue weighted by molar-refractivity contribution is -0.112. The first kappa shape index (κ1) is 26.4. The van der Waals surface area contributed by atoms with E-state index in [9.17, 15) is 9.59 Å². The molecule has 0 saturated carbocycles. The third kappa shape index (κ3) is 8.21. The number of methoxy groups -OCH3 is 1. The van der Waals surface area contributed by atoms with E-state index in [2.05, 4.69) is 32.1 Å². The molecule has 0 bridgehead atoms. The molecule has 9 nitrogen and oxygen atoms in total. The van der Waals surface area contributed by atoms with Crippen LogP contribution < -0.4 is 10.6 Å². The summed E-state index contributed by atoms with van der Waals surface area (Å²) in [6.45, 7) is 10.3. The SMILES string of the molecule is C=N/C(=C\SCN1CCCC1)C(=O)Nc1ccc(CN2CCOCC2)cc1C(=O)NCCOC. The topological polar surface area (TPSA) is 95.5 Å². The first-order valence-electron chi connectivity index (χ1n) is 11.6. The number of carbonyl (C=O) groups is 2. The zero-order valence-electron chi connectivity index (χ0n) is 19.9. The minimum absolute atomic E-state index is 0.229. The Bertz CT molecular complexity index is 867. The normalized spacial score (nSPS) is 17.5. The van der Waals surface area contributed by atoms with E-state index in [4.69, 9.17) is 9.47 Å². The molecular formula is C24H35N5O4S. The molecule has 2 aliphatic heterocycles. The van der Waals surface area contributed by atoms with E-state index in [1.165, 1.54) is 24.6 Å². The Labute approximate surface area is 205 Å². The van der Waals surface area contributed by atoms with E-state index in [0.717, 1.165) is 37.6 Å². The molecule has 2 aliphatic rings. The Morgan fingerprint density at radius 3 is 2.68 bits per heavy atom. The van der Waals surface area contributed by atoms with Gasteiger partial charge in [0.05, 0.1) is 31.1 Å². The largest absolute Gasteiger partial charge is 0.383 e. The van der Waals surface area contributed by atoms with Crippen LogP contribution in [-0.4, -0.2) is 93.9 Å². The van der Waals surface area contributed by atoms with Crippen LogP contribution in [0.4, 0.5) is 5.69 Å². The number of aliphatic imine (C=N–C) groups is 1. The lowest BCUT2D eigenvalue weighted by Crippen LogP contribution is -2.35. The summed E-state index contributed by atoms with van der Waals surface area (Å²) in [5, 5.41) is 7.42. The molecule has 0 spiro atoms. The molecule has 0 aliphatic carbocycles. The first-order chi connectivity index (χ1) is 16.6. The van der Waals surface area contributed by atoms with Crippen LogP contribution >= 0.6 is 11.8 Å². The fraction of sp³-hybridized carbons (Fsp3) is 0.542. The number of carbonyl (C=O) groups excluding carboxylic acids is 2. The van der Waals surface area contributed by atoms with Crippen molar-refractivity contribution in [1.82, 2.24) is 15.1 Å². The number of nitrogens with zero attached hydrogens (tertiary/aromatic N) is 3. The zero-order chi connectivity index (χ0) is 24.2. The maximum atomic E-state index is 12.9. The van der Waals surface area contributed by atoms with Crippen molar-refractivity contribution in [3.8, 4) is 0 Å². The Morgan fingerprint density at radius 1 is 1.21 bits per heavy atom. The summed E-state index contributed by atoms with van der Waals surface area (Å²) in [5.41, 5.74) is 2.07. The maximum absolute atomic E-state index is 12.9. The van der Waals surface area contributed by atoms with Gasteiger partial charge in [0.1, 0.15) is 5.70 Å². The molecule has 1 aromatic rings. The lowest BCUT2D eigenvalue weighted by Gasteiger charge is -2.26. The fourth-order valence-corrected chi connectivity index (χ4v) is 4.73. The van der Waals surface area contributed by atoms with E-state index in [-0.39, 0.29) is 11.6 Å². The van der Waals surface area contributed by atoms with Gasteiger partial charge in [-0.15, -0.1) is 11.8 Å². The zero-order valence-corrected chi connectivity index (χ0v) is 20.7. The smallest absolute Gasteiger partial charge is 0.274 e. The van der Waals surface area contributed by atoms with E-state index in [1.807, 2.05) is 12.1 Å². The second kappa shape index (κ2) is 14.2. The summed E-state index contributed by atoms with van der Waals surface area (Å²) in [6.07, 6.45) is 2.43. The monoisotopic (exact) mass is 489 g/mol. The second-order valence-corrected chi connectivity index (χ2v) is 9.08. The summed E-state index contributed by atoms with van der Waals surface area (Å²) in [5.74, 6) is 0.155. The van der Waals surface area contributed by atoms with Crippen LogP contribution in [0.1, 0.15) is 28.8 Å². The molecule has 0 atom stereocenters. The average Bonchev–Trinajstić information content (AvgIpc) is 3.37. The fourth-order valence-electron chi connectivity index (χ4n) is 3.85. The molecule has 1 aromatic carbocycles. The van der Waals surface area contributed by atoms with Crippen LogP contribution in [0.5, 0.6) is 0 Å². The molecule has 2 heterocycles. The maximum Gasteiger partial charge on any atom is 0.274 e. The van der Waals surface area contributed by atoms with Gasteiger partial charge in [-0.1, -0.05) is 6.07 Å². The van der Waals surface area contributed by atoms with Gasteiger partial charge in [0.15, 0.2) is 0 Å². The van der Waals surface area contributed by atoms with Crippen LogP contribution in [-0.2, 0) is 20.8 Å². The van der Waals surface area contributed by atoms with Crippen molar-refractivity contribution in [2.24, 2.45) is 4.99 Å². The van der Waals surface area contributed by atoms with Crippen molar-refractivity contribution in [3.05, 3.63) is 40.4 Å². The number of morpholine rings is 1. The van der Waals surface area contributed by atoms with Crippen molar-refractivity contribution in [2.75, 3.05) is 70.8 Å². The predicted octanol–water partition coefficient (Wildman–Crippen LogP) is 2.16. The number of rotatable bonds is 12. The highest BCUT2D eigenvalue weighted by Crippen LogP contribution is 2.21. The highest BCUT2D eigenvalue weighted by atomic mass is 32.2. The molecule has 10 heteroatoms. The number of anilines is 1. The Hall–Kier alpha value is -2.24. The van der Waals surface area contributed by atoms with Gasteiger partial charge in [-0.25, -0.2) is 0 Å². The number of nitrogens with one attached hydrogen (secondary N) is 2. The van der Waals surface area contributed by atoms with Gasteiger partial charge in [0.2, 0.25) is 0 Å². The molecule has 2 saturated heterocycles. The van der Waals surface area contributed by atoms with Crippen LogP contribution in [0, 0.1) is 0 Å². The summed E-state index contributed by atoms with van der Waals surface area (Å²) in [6, 6.07) is 5.54. The van der Waals surface area contributed by atoms with Gasteiger partial charge in [-0.2, -0.15) is 0 Å². The number of benzene rings is 1. The van der Waals surface area contributed by atoms with Crippen LogP contribution in [0.2, 0.25) is 0 Å². The Balaban J connectivity index is 1.70. The van der Waals surface area contributed by atoms with Crippen molar-refractivity contribution in [1.29, 1.82) is 0 Å². The highest BCUT2D eigenvalue weighted by molar-refractivity contribution is 8.02. The van der Waals surface area contributed by atoms with Crippen LogP contribution in [0.15, 0.2) is 34.3 Å². The van der Waals surface area contributed by atoms with E-state index in [1.54, 1.807) is 18.6 Å². The van der Waals surface area contributed by atoms with Gasteiger partial charge in [-0.05, 0) is 50.3 Å². The van der Waals surface area contributed by atoms with Crippen molar-refractivity contribution >= 4 is 36.0 Å². The molecule has 186 valence electrons. The van der Waals surface area contributed by atoms with E-state index in [0.29, 0.717) is 44.2 Å². The van der Waals surface area contributed by atoms with Crippen molar-refractivity contribution in [2.45, 2.75) is 19.4 Å². The molecule has 0 aromatic heterocycles. The minimum atomic E-state index is -0.393. The molecular weight excluding hydrogens is 454 g/mol. The van der Waals surface area contributed by atoms with Gasteiger partial charge in [0, 0.05) is 44.6 Å². The number of ether oxygens (including phenoxy) is 2. The third-order valence-corrected chi connectivity index (χ3v) is 6.64. The average molecular weight is 490 g/mol. The lowest BCUT2D eigenvalue weighted by atomic mass is 10.1. The van der Waals surface area contributed by atoms with Gasteiger partial charge in [0.25, 0.3) is 11.8 Å². The molecule has 0 radical (unpaired) electrons. The molecule has 3 rings (SSSR count). The minimum Gasteiger partial charge on any atom is -0.383 e. The Kier molecular flexibility index (Phi) is 11.0. The van der Waals surface area contributed by atoms with Gasteiger partial charge >= 0.3 is 0 Å². The third-order valence-electron chi connectivity index (χ3n) is 5.73.